The van der Waals surface area contributed by atoms with Gasteiger partial charge in [0.2, 0.25) is 0 Å². The van der Waals surface area contributed by atoms with Crippen LogP contribution in [0.1, 0.15) is 33.1 Å². The molecule has 4 unspecified atom stereocenters. The van der Waals surface area contributed by atoms with Gasteiger partial charge in [0.15, 0.2) is 0 Å². The summed E-state index contributed by atoms with van der Waals surface area (Å²) in [5, 5.41) is 3.64. The predicted molar refractivity (Wildman–Crippen MR) is 65.0 cm³/mol. The van der Waals surface area contributed by atoms with Crippen molar-refractivity contribution < 1.29 is 0 Å². The van der Waals surface area contributed by atoms with E-state index in [1.807, 2.05) is 0 Å². The topological polar surface area (TPSA) is 15.3 Å². The summed E-state index contributed by atoms with van der Waals surface area (Å²) in [6.07, 6.45) is 4.18. The monoisotopic (exact) mass is 210 g/mol. The molecular formula is C13H26N2. The summed E-state index contributed by atoms with van der Waals surface area (Å²) in [5.74, 6) is 2.91. The molecule has 88 valence electrons. The second kappa shape index (κ2) is 4.84. The molecule has 2 fully saturated rings. The Morgan fingerprint density at radius 1 is 1.20 bits per heavy atom. The van der Waals surface area contributed by atoms with Gasteiger partial charge in [-0.3, -0.25) is 0 Å². The number of nitrogens with one attached hydrogen (secondary N) is 1. The number of likely N-dealkylation sites (N-methyl/N-ethyl adjacent to an activating group) is 1. The second-order valence-electron chi connectivity index (χ2n) is 5.97. The normalized spacial score (nSPS) is 40.8. The minimum Gasteiger partial charge on any atom is -0.313 e. The number of nitrogens with zero attached hydrogens (tertiary/aromatic N) is 1. The average Bonchev–Trinajstić information content (AvgIpc) is 2.81. The summed E-state index contributed by atoms with van der Waals surface area (Å²) in [5.41, 5.74) is 0. The molecule has 2 aliphatic rings. The van der Waals surface area contributed by atoms with E-state index in [0.717, 1.165) is 23.8 Å². The standard InChI is InChI=1S/C13H26N2/c1-10-4-5-14-13(6-10)9-15(3)8-12-7-11(12)2/h10-14H,4-9H2,1-3H3. The average molecular weight is 210 g/mol. The van der Waals surface area contributed by atoms with Crippen molar-refractivity contribution in [3.05, 3.63) is 0 Å². The first kappa shape index (κ1) is 11.4. The van der Waals surface area contributed by atoms with Crippen molar-refractivity contribution >= 4 is 0 Å². The Morgan fingerprint density at radius 3 is 2.53 bits per heavy atom. The van der Waals surface area contributed by atoms with Gasteiger partial charge in [0.05, 0.1) is 0 Å². The zero-order valence-corrected chi connectivity index (χ0v) is 10.5. The van der Waals surface area contributed by atoms with Crippen molar-refractivity contribution in [1.29, 1.82) is 0 Å². The maximum atomic E-state index is 3.64. The van der Waals surface area contributed by atoms with Gasteiger partial charge in [0, 0.05) is 19.1 Å². The van der Waals surface area contributed by atoms with Crippen molar-refractivity contribution in [2.75, 3.05) is 26.7 Å². The molecule has 15 heavy (non-hydrogen) atoms. The highest BCUT2D eigenvalue weighted by Crippen LogP contribution is 2.37. The predicted octanol–water partition coefficient (Wildman–Crippen LogP) is 1.96. The van der Waals surface area contributed by atoms with Crippen LogP contribution in [0.25, 0.3) is 0 Å². The Bertz CT molecular complexity index is 205. The van der Waals surface area contributed by atoms with Crippen LogP contribution in [0.15, 0.2) is 0 Å². The number of hydrogen-bond acceptors (Lipinski definition) is 2. The van der Waals surface area contributed by atoms with Gasteiger partial charge in [-0.1, -0.05) is 13.8 Å². The fourth-order valence-corrected chi connectivity index (χ4v) is 2.86. The van der Waals surface area contributed by atoms with Crippen LogP contribution >= 0.6 is 0 Å². The number of piperidine rings is 1. The van der Waals surface area contributed by atoms with Crippen molar-refractivity contribution in [2.45, 2.75) is 39.2 Å². The Balaban J connectivity index is 1.66. The Morgan fingerprint density at radius 2 is 1.93 bits per heavy atom. The lowest BCUT2D eigenvalue weighted by molar-refractivity contribution is 0.228. The third kappa shape index (κ3) is 3.46. The summed E-state index contributed by atoms with van der Waals surface area (Å²) in [7, 11) is 2.28. The molecule has 2 rings (SSSR count). The molecule has 0 aromatic heterocycles. The molecule has 1 saturated heterocycles. The molecule has 2 nitrogen and oxygen atoms in total. The fourth-order valence-electron chi connectivity index (χ4n) is 2.86. The number of hydrogen-bond donors (Lipinski definition) is 1. The van der Waals surface area contributed by atoms with E-state index in [1.54, 1.807) is 0 Å². The third-order valence-electron chi connectivity index (χ3n) is 4.11. The van der Waals surface area contributed by atoms with Crippen LogP contribution in [0.4, 0.5) is 0 Å². The zero-order chi connectivity index (χ0) is 10.8. The Hall–Kier alpha value is -0.0800. The van der Waals surface area contributed by atoms with Gasteiger partial charge < -0.3 is 10.2 Å². The van der Waals surface area contributed by atoms with E-state index in [0.29, 0.717) is 0 Å². The van der Waals surface area contributed by atoms with Gasteiger partial charge in [0.1, 0.15) is 0 Å². The molecule has 4 atom stereocenters. The fraction of sp³-hybridized carbons (Fsp3) is 1.00. The van der Waals surface area contributed by atoms with Gasteiger partial charge in [-0.25, -0.2) is 0 Å². The summed E-state index contributed by atoms with van der Waals surface area (Å²) in [4.78, 5) is 2.53. The molecule has 0 aromatic rings. The van der Waals surface area contributed by atoms with Gasteiger partial charge in [0.25, 0.3) is 0 Å². The molecule has 1 saturated carbocycles. The van der Waals surface area contributed by atoms with E-state index in [9.17, 15) is 0 Å². The minimum atomic E-state index is 0.743. The molecule has 0 amide bonds. The van der Waals surface area contributed by atoms with Gasteiger partial charge in [-0.15, -0.1) is 0 Å². The Labute approximate surface area is 94.4 Å². The van der Waals surface area contributed by atoms with E-state index < -0.39 is 0 Å². The van der Waals surface area contributed by atoms with Crippen LogP contribution in [0.2, 0.25) is 0 Å². The van der Waals surface area contributed by atoms with Crippen molar-refractivity contribution in [1.82, 2.24) is 10.2 Å². The SMILES string of the molecule is CC1CCNC(CN(C)CC2CC2C)C1. The lowest BCUT2D eigenvalue weighted by Gasteiger charge is -2.31. The largest absolute Gasteiger partial charge is 0.313 e. The van der Waals surface area contributed by atoms with Gasteiger partial charge in [-0.2, -0.15) is 0 Å². The molecule has 0 bridgehead atoms. The maximum absolute atomic E-state index is 3.64. The zero-order valence-electron chi connectivity index (χ0n) is 10.5. The lowest BCUT2D eigenvalue weighted by Crippen LogP contribution is -2.44. The molecule has 1 aliphatic heterocycles. The van der Waals surface area contributed by atoms with Crippen molar-refractivity contribution in [3.8, 4) is 0 Å². The lowest BCUT2D eigenvalue weighted by atomic mass is 9.94. The molecule has 0 radical (unpaired) electrons. The smallest absolute Gasteiger partial charge is 0.0197 e. The summed E-state index contributed by atoms with van der Waals surface area (Å²) in [6.45, 7) is 8.54. The third-order valence-corrected chi connectivity index (χ3v) is 4.11. The molecule has 1 N–H and O–H groups in total. The number of rotatable bonds is 4. The van der Waals surface area contributed by atoms with E-state index in [-0.39, 0.29) is 0 Å². The summed E-state index contributed by atoms with van der Waals surface area (Å²) < 4.78 is 0. The molecule has 0 aromatic carbocycles. The summed E-state index contributed by atoms with van der Waals surface area (Å²) >= 11 is 0. The van der Waals surface area contributed by atoms with Crippen LogP contribution < -0.4 is 5.32 Å². The van der Waals surface area contributed by atoms with Crippen LogP contribution in [0, 0.1) is 17.8 Å². The summed E-state index contributed by atoms with van der Waals surface area (Å²) in [6, 6.07) is 0.743. The van der Waals surface area contributed by atoms with Crippen LogP contribution in [0.5, 0.6) is 0 Å². The van der Waals surface area contributed by atoms with E-state index in [1.165, 1.54) is 38.9 Å². The second-order valence-corrected chi connectivity index (χ2v) is 5.97. The minimum absolute atomic E-state index is 0.743. The highest BCUT2D eigenvalue weighted by molar-refractivity contribution is 4.86. The van der Waals surface area contributed by atoms with E-state index in [2.05, 4.69) is 31.1 Å². The van der Waals surface area contributed by atoms with Crippen molar-refractivity contribution in [3.63, 3.8) is 0 Å². The highest BCUT2D eigenvalue weighted by atomic mass is 15.1. The van der Waals surface area contributed by atoms with Crippen LogP contribution in [-0.2, 0) is 0 Å². The molecule has 0 spiro atoms. The Kier molecular flexibility index (Phi) is 3.68. The first-order valence-electron chi connectivity index (χ1n) is 6.57. The molecular weight excluding hydrogens is 184 g/mol. The molecule has 1 aliphatic carbocycles. The van der Waals surface area contributed by atoms with Crippen LogP contribution in [0.3, 0.4) is 0 Å². The van der Waals surface area contributed by atoms with Crippen molar-refractivity contribution in [2.24, 2.45) is 17.8 Å². The molecule has 2 heteroatoms. The highest BCUT2D eigenvalue weighted by Gasteiger charge is 2.33. The quantitative estimate of drug-likeness (QED) is 0.763. The van der Waals surface area contributed by atoms with Crippen LogP contribution in [-0.4, -0.2) is 37.6 Å². The van der Waals surface area contributed by atoms with E-state index >= 15 is 0 Å². The van der Waals surface area contributed by atoms with Gasteiger partial charge >= 0.3 is 0 Å². The van der Waals surface area contributed by atoms with E-state index in [4.69, 9.17) is 0 Å². The first-order valence-corrected chi connectivity index (χ1v) is 6.57. The first-order chi connectivity index (χ1) is 7.15. The molecule has 1 heterocycles. The van der Waals surface area contributed by atoms with Gasteiger partial charge in [-0.05, 0) is 50.6 Å². The maximum Gasteiger partial charge on any atom is 0.0197 e.